The second-order valence-corrected chi connectivity index (χ2v) is 13.9. The van der Waals surface area contributed by atoms with Crippen molar-refractivity contribution in [2.75, 3.05) is 46.3 Å². The van der Waals surface area contributed by atoms with Crippen molar-refractivity contribution in [3.8, 4) is 0 Å². The number of thiophene rings is 1. The predicted molar refractivity (Wildman–Crippen MR) is 144 cm³/mol. The van der Waals surface area contributed by atoms with E-state index in [4.69, 9.17) is 0 Å². The maximum absolute atomic E-state index is 13.4. The number of carbonyl (C=O) groups is 1. The van der Waals surface area contributed by atoms with Gasteiger partial charge in [0.2, 0.25) is 15.9 Å². The van der Waals surface area contributed by atoms with Crippen LogP contribution in [0.5, 0.6) is 0 Å². The largest absolute Gasteiger partial charge is 0.416 e. The van der Waals surface area contributed by atoms with Gasteiger partial charge in [-0.25, -0.2) is 8.42 Å². The summed E-state index contributed by atoms with van der Waals surface area (Å²) in [4.78, 5) is 22.2. The second-order valence-electron chi connectivity index (χ2n) is 10.8. The quantitative estimate of drug-likeness (QED) is 0.513. The van der Waals surface area contributed by atoms with Crippen LogP contribution in [0, 0.1) is 0 Å². The fourth-order valence-corrected chi connectivity index (χ4v) is 8.66. The van der Waals surface area contributed by atoms with Crippen LogP contribution in [0.25, 0.3) is 0 Å². The van der Waals surface area contributed by atoms with Crippen LogP contribution < -0.4 is 0 Å². The van der Waals surface area contributed by atoms with Crippen LogP contribution in [0.4, 0.5) is 13.2 Å². The maximum Gasteiger partial charge on any atom is 0.416 e. The Labute approximate surface area is 232 Å². The van der Waals surface area contributed by atoms with Crippen molar-refractivity contribution in [2.24, 2.45) is 0 Å². The molecule has 39 heavy (non-hydrogen) atoms. The van der Waals surface area contributed by atoms with Gasteiger partial charge < -0.3 is 9.80 Å². The van der Waals surface area contributed by atoms with Gasteiger partial charge in [0, 0.05) is 74.6 Å². The van der Waals surface area contributed by atoms with E-state index < -0.39 is 27.8 Å². The molecule has 0 N–H and O–H groups in total. The summed E-state index contributed by atoms with van der Waals surface area (Å²) in [7, 11) is -2.04. The molecule has 0 aliphatic carbocycles. The Kier molecular flexibility index (Phi) is 8.40. The summed E-state index contributed by atoms with van der Waals surface area (Å²) in [5.41, 5.74) is 0.168. The molecule has 1 amide bonds. The van der Waals surface area contributed by atoms with Crippen LogP contribution in [0.15, 0.2) is 35.2 Å². The van der Waals surface area contributed by atoms with Crippen LogP contribution in [-0.2, 0) is 40.5 Å². The first-order chi connectivity index (χ1) is 18.5. The summed E-state index contributed by atoms with van der Waals surface area (Å²) in [6, 6.07) is 5.50. The van der Waals surface area contributed by atoms with Crippen molar-refractivity contribution in [1.29, 1.82) is 0 Å². The fraction of sp³-hybridized carbons (Fsp3) is 0.593. The molecule has 3 aliphatic rings. The number of piperidine rings is 1. The summed E-state index contributed by atoms with van der Waals surface area (Å²) >= 11 is 1.82. The van der Waals surface area contributed by atoms with Crippen LogP contribution in [0.1, 0.15) is 46.6 Å². The molecule has 3 aliphatic heterocycles. The van der Waals surface area contributed by atoms with E-state index in [9.17, 15) is 26.4 Å². The van der Waals surface area contributed by atoms with Crippen molar-refractivity contribution in [3.05, 3.63) is 51.2 Å². The lowest BCUT2D eigenvalue weighted by Gasteiger charge is -2.36. The van der Waals surface area contributed by atoms with Crippen molar-refractivity contribution >= 4 is 27.3 Å². The Morgan fingerprint density at radius 1 is 1.05 bits per heavy atom. The van der Waals surface area contributed by atoms with Crippen molar-refractivity contribution in [1.82, 2.24) is 19.0 Å². The third kappa shape index (κ3) is 6.51. The molecule has 0 spiro atoms. The lowest BCUT2D eigenvalue weighted by molar-refractivity contribution is -0.137. The van der Waals surface area contributed by atoms with E-state index in [1.165, 1.54) is 25.7 Å². The number of benzene rings is 1. The average molecular weight is 585 g/mol. The zero-order valence-corrected chi connectivity index (χ0v) is 23.8. The highest BCUT2D eigenvalue weighted by molar-refractivity contribution is 7.89. The van der Waals surface area contributed by atoms with Gasteiger partial charge in [0.15, 0.2) is 0 Å². The van der Waals surface area contributed by atoms with Gasteiger partial charge in [-0.3, -0.25) is 9.69 Å². The molecule has 1 aromatic heterocycles. The first-order valence-electron chi connectivity index (χ1n) is 13.5. The van der Waals surface area contributed by atoms with E-state index in [1.807, 2.05) is 11.3 Å². The summed E-state index contributed by atoms with van der Waals surface area (Å²) in [6.45, 7) is 6.44. The van der Waals surface area contributed by atoms with Gasteiger partial charge in [-0.05, 0) is 56.1 Å². The van der Waals surface area contributed by atoms with Gasteiger partial charge in [0.1, 0.15) is 0 Å². The monoisotopic (exact) mass is 584 g/mol. The van der Waals surface area contributed by atoms with Gasteiger partial charge >= 0.3 is 6.18 Å². The number of piperazine rings is 1. The summed E-state index contributed by atoms with van der Waals surface area (Å²) in [5.74, 6) is -0.108. The van der Waals surface area contributed by atoms with E-state index in [0.29, 0.717) is 32.0 Å². The Morgan fingerprint density at radius 3 is 2.56 bits per heavy atom. The minimum absolute atomic E-state index is 0.0335. The van der Waals surface area contributed by atoms with Crippen molar-refractivity contribution in [2.45, 2.75) is 62.3 Å². The minimum Gasteiger partial charge on any atom is -0.338 e. The molecule has 0 radical (unpaired) electrons. The van der Waals surface area contributed by atoms with Crippen LogP contribution in [-0.4, -0.2) is 85.7 Å². The number of alkyl halides is 3. The molecular formula is C27H35F3N4O3S2. The number of amides is 1. The van der Waals surface area contributed by atoms with E-state index in [0.717, 1.165) is 57.7 Å². The lowest BCUT2D eigenvalue weighted by atomic mass is 10.0. The molecular weight excluding hydrogens is 549 g/mol. The maximum atomic E-state index is 13.4. The molecule has 2 fully saturated rings. The minimum atomic E-state index is -4.64. The third-order valence-electron chi connectivity index (χ3n) is 8.00. The molecule has 12 heteroatoms. The number of fused-ring (bicyclic) bond motifs is 1. The Balaban J connectivity index is 1.24. The van der Waals surface area contributed by atoms with Gasteiger partial charge in [-0.15, -0.1) is 11.3 Å². The van der Waals surface area contributed by atoms with Crippen LogP contribution in [0.3, 0.4) is 0 Å². The smallest absolute Gasteiger partial charge is 0.338 e. The normalized spacial score (nSPS) is 22.2. The van der Waals surface area contributed by atoms with Crippen molar-refractivity contribution in [3.63, 3.8) is 0 Å². The van der Waals surface area contributed by atoms with E-state index in [2.05, 4.69) is 22.9 Å². The number of hydrogen-bond acceptors (Lipinski definition) is 6. The number of carbonyl (C=O) groups excluding carboxylic acids is 1. The number of hydrogen-bond donors (Lipinski definition) is 0. The summed E-state index contributed by atoms with van der Waals surface area (Å²) in [6.07, 6.45) is -1.92. The highest BCUT2D eigenvalue weighted by Crippen LogP contribution is 2.34. The highest BCUT2D eigenvalue weighted by Gasteiger charge is 2.38. The number of likely N-dealkylation sites (N-methyl/N-ethyl adjacent to an activating group) is 1. The molecule has 1 atom stereocenters. The van der Waals surface area contributed by atoms with Crippen LogP contribution in [0.2, 0.25) is 0 Å². The third-order valence-corrected chi connectivity index (χ3v) is 11.2. The highest BCUT2D eigenvalue weighted by atomic mass is 32.2. The summed E-state index contributed by atoms with van der Waals surface area (Å²) in [5, 5.41) is 0. The average Bonchev–Trinajstić information content (AvgIpc) is 3.31. The van der Waals surface area contributed by atoms with E-state index in [-0.39, 0.29) is 23.8 Å². The van der Waals surface area contributed by atoms with E-state index in [1.54, 1.807) is 4.90 Å². The Morgan fingerprint density at radius 2 is 1.82 bits per heavy atom. The van der Waals surface area contributed by atoms with Gasteiger partial charge in [0.25, 0.3) is 0 Å². The lowest BCUT2D eigenvalue weighted by Crippen LogP contribution is -2.47. The molecule has 0 saturated carbocycles. The molecule has 2 aromatic rings. The standard InChI is InChI=1S/C27H35F3N4O3S2/c1-31-11-13-32(14-12-31)19-23-15-20-18-33(10-8-25(20)38-23)26(35)17-22-6-2-3-9-34(22)39(36,37)24-7-4-5-21(16-24)27(28,29)30/h4-5,7,15-16,22H,2-3,6,8-14,17-19H2,1H3. The summed E-state index contributed by atoms with van der Waals surface area (Å²) < 4.78 is 67.8. The molecule has 5 rings (SSSR count). The molecule has 7 nitrogen and oxygen atoms in total. The predicted octanol–water partition coefficient (Wildman–Crippen LogP) is 4.03. The van der Waals surface area contributed by atoms with Crippen molar-refractivity contribution < 1.29 is 26.4 Å². The van der Waals surface area contributed by atoms with Gasteiger partial charge in [-0.2, -0.15) is 17.5 Å². The molecule has 214 valence electrons. The number of sulfonamides is 1. The first kappa shape index (κ1) is 28.5. The molecule has 1 aromatic carbocycles. The van der Waals surface area contributed by atoms with Crippen LogP contribution >= 0.6 is 11.3 Å². The Bertz CT molecular complexity index is 1290. The second kappa shape index (κ2) is 11.5. The molecule has 1 unspecified atom stereocenters. The topological polar surface area (TPSA) is 64.2 Å². The van der Waals surface area contributed by atoms with Gasteiger partial charge in [0.05, 0.1) is 10.5 Å². The first-order valence-corrected chi connectivity index (χ1v) is 15.7. The van der Waals surface area contributed by atoms with Gasteiger partial charge in [-0.1, -0.05) is 12.5 Å². The fourth-order valence-electron chi connectivity index (χ4n) is 5.71. The molecule has 0 bridgehead atoms. The SMILES string of the molecule is CN1CCN(Cc2cc3c(s2)CCN(C(=O)CC2CCCCN2S(=O)(=O)c2cccc(C(F)(F)F)c2)C3)CC1. The molecule has 4 heterocycles. The number of halogens is 3. The number of nitrogens with zero attached hydrogens (tertiary/aromatic N) is 4. The zero-order chi connectivity index (χ0) is 27.8. The molecule has 2 saturated heterocycles. The Hall–Kier alpha value is -1.99. The van der Waals surface area contributed by atoms with E-state index >= 15 is 0 Å². The number of rotatable bonds is 6. The zero-order valence-electron chi connectivity index (χ0n) is 22.1.